The molecule has 1 fully saturated rings. The van der Waals surface area contributed by atoms with Gasteiger partial charge in [0.15, 0.2) is 0 Å². The first kappa shape index (κ1) is 13.4. The Morgan fingerprint density at radius 1 is 1.38 bits per heavy atom. The van der Waals surface area contributed by atoms with E-state index in [0.29, 0.717) is 24.0 Å². The Morgan fingerprint density at radius 2 is 2.00 bits per heavy atom. The molecule has 0 N–H and O–H groups in total. The molecule has 0 radical (unpaired) electrons. The average Bonchev–Trinajstić information content (AvgIpc) is 2.16. The van der Waals surface area contributed by atoms with Crippen molar-refractivity contribution >= 4 is 11.6 Å². The van der Waals surface area contributed by atoms with E-state index in [9.17, 15) is 9.59 Å². The molecule has 92 valence electrons. The summed E-state index contributed by atoms with van der Waals surface area (Å²) in [7, 11) is 0. The fourth-order valence-corrected chi connectivity index (χ4v) is 2.79. The molecule has 0 aliphatic heterocycles. The van der Waals surface area contributed by atoms with Gasteiger partial charge in [-0.15, -0.1) is 0 Å². The van der Waals surface area contributed by atoms with Crippen LogP contribution in [0.4, 0.5) is 0 Å². The molecule has 16 heavy (non-hydrogen) atoms. The van der Waals surface area contributed by atoms with Gasteiger partial charge >= 0.3 is 0 Å². The summed E-state index contributed by atoms with van der Waals surface area (Å²) >= 11 is 0. The number of hydrogen-bond donors (Lipinski definition) is 0. The van der Waals surface area contributed by atoms with Crippen LogP contribution in [0.3, 0.4) is 0 Å². The highest BCUT2D eigenvalue weighted by atomic mass is 16.1. The van der Waals surface area contributed by atoms with Gasteiger partial charge in [0.25, 0.3) is 0 Å². The van der Waals surface area contributed by atoms with Gasteiger partial charge in [0.1, 0.15) is 11.6 Å². The zero-order valence-electron chi connectivity index (χ0n) is 11.0. The van der Waals surface area contributed by atoms with Crippen molar-refractivity contribution in [2.24, 2.45) is 23.7 Å². The third-order valence-electron chi connectivity index (χ3n) is 3.96. The van der Waals surface area contributed by atoms with Crippen LogP contribution in [0.15, 0.2) is 0 Å². The molecule has 2 nitrogen and oxygen atoms in total. The lowest BCUT2D eigenvalue weighted by atomic mass is 9.69. The van der Waals surface area contributed by atoms with Crippen LogP contribution in [0, 0.1) is 23.7 Å². The van der Waals surface area contributed by atoms with Crippen LogP contribution in [0.5, 0.6) is 0 Å². The van der Waals surface area contributed by atoms with E-state index >= 15 is 0 Å². The van der Waals surface area contributed by atoms with Crippen LogP contribution in [-0.4, -0.2) is 11.6 Å². The maximum Gasteiger partial charge on any atom is 0.139 e. The van der Waals surface area contributed by atoms with Crippen molar-refractivity contribution < 1.29 is 9.59 Å². The first-order chi connectivity index (χ1) is 7.43. The lowest BCUT2D eigenvalue weighted by Gasteiger charge is -2.34. The van der Waals surface area contributed by atoms with Crippen molar-refractivity contribution in [3.05, 3.63) is 0 Å². The summed E-state index contributed by atoms with van der Waals surface area (Å²) in [5.74, 6) is 1.88. The van der Waals surface area contributed by atoms with Gasteiger partial charge in [-0.3, -0.25) is 4.79 Å². The number of carbonyl (C=O) groups excluding carboxylic acids is 2. The molecule has 0 heterocycles. The molecule has 1 saturated carbocycles. The second-order valence-corrected chi connectivity index (χ2v) is 5.65. The highest BCUT2D eigenvalue weighted by Crippen LogP contribution is 2.36. The first-order valence-corrected chi connectivity index (χ1v) is 6.46. The third kappa shape index (κ3) is 3.16. The quantitative estimate of drug-likeness (QED) is 0.734. The zero-order valence-corrected chi connectivity index (χ0v) is 11.0. The first-order valence-electron chi connectivity index (χ1n) is 6.46. The summed E-state index contributed by atoms with van der Waals surface area (Å²) in [5, 5.41) is 0. The minimum Gasteiger partial charge on any atom is -0.300 e. The predicted octanol–water partition coefficient (Wildman–Crippen LogP) is 3.24. The van der Waals surface area contributed by atoms with Gasteiger partial charge in [-0.25, -0.2) is 0 Å². The molecule has 1 aliphatic carbocycles. The van der Waals surface area contributed by atoms with Crippen LogP contribution < -0.4 is 0 Å². The highest BCUT2D eigenvalue weighted by molar-refractivity contribution is 5.85. The molecule has 1 rings (SSSR count). The van der Waals surface area contributed by atoms with Crippen molar-refractivity contribution in [1.82, 2.24) is 0 Å². The molecule has 0 amide bonds. The summed E-state index contributed by atoms with van der Waals surface area (Å²) in [6.45, 7) is 8.01. The summed E-state index contributed by atoms with van der Waals surface area (Å²) in [5.41, 5.74) is 0. The van der Waals surface area contributed by atoms with Crippen molar-refractivity contribution in [3.63, 3.8) is 0 Å². The monoisotopic (exact) mass is 224 g/mol. The third-order valence-corrected chi connectivity index (χ3v) is 3.96. The number of carbonyl (C=O) groups is 2. The van der Waals surface area contributed by atoms with Gasteiger partial charge in [0.05, 0.1) is 0 Å². The van der Waals surface area contributed by atoms with Gasteiger partial charge in [-0.05, 0) is 38.0 Å². The molecule has 0 aromatic heterocycles. The van der Waals surface area contributed by atoms with E-state index in [4.69, 9.17) is 0 Å². The SMILES string of the molecule is CC(=O)CC[C@H]1C(=O)[C@H](C(C)C)CC[C@@H]1C. The fourth-order valence-electron chi connectivity index (χ4n) is 2.79. The Kier molecular flexibility index (Phi) is 4.69. The normalized spacial score (nSPS) is 30.8. The van der Waals surface area contributed by atoms with Gasteiger partial charge in [-0.1, -0.05) is 20.8 Å². The predicted molar refractivity (Wildman–Crippen MR) is 65.1 cm³/mol. The van der Waals surface area contributed by atoms with Crippen molar-refractivity contribution in [3.8, 4) is 0 Å². The van der Waals surface area contributed by atoms with E-state index < -0.39 is 0 Å². The van der Waals surface area contributed by atoms with Crippen LogP contribution in [0.25, 0.3) is 0 Å². The lowest BCUT2D eigenvalue weighted by Crippen LogP contribution is -2.36. The molecular weight excluding hydrogens is 200 g/mol. The smallest absolute Gasteiger partial charge is 0.139 e. The van der Waals surface area contributed by atoms with Crippen LogP contribution in [0.1, 0.15) is 53.4 Å². The van der Waals surface area contributed by atoms with Gasteiger partial charge in [-0.2, -0.15) is 0 Å². The molecule has 2 heteroatoms. The van der Waals surface area contributed by atoms with Crippen molar-refractivity contribution in [1.29, 1.82) is 0 Å². The van der Waals surface area contributed by atoms with E-state index in [1.165, 1.54) is 0 Å². The van der Waals surface area contributed by atoms with Crippen LogP contribution in [-0.2, 0) is 9.59 Å². The zero-order chi connectivity index (χ0) is 12.3. The molecule has 0 aromatic rings. The number of Topliss-reactive ketones (excluding diaryl/α,β-unsaturated/α-hetero) is 2. The number of rotatable bonds is 4. The van der Waals surface area contributed by atoms with E-state index in [1.54, 1.807) is 6.92 Å². The van der Waals surface area contributed by atoms with E-state index in [1.807, 2.05) is 0 Å². The molecule has 3 atom stereocenters. The van der Waals surface area contributed by atoms with Gasteiger partial charge in [0, 0.05) is 18.3 Å². The standard InChI is InChI=1S/C14H24O2/c1-9(2)12-7-5-10(3)13(14(12)16)8-6-11(4)15/h9-10,12-13H,5-8H2,1-4H3/t10-,12-,13+/m0/s1. The van der Waals surface area contributed by atoms with E-state index in [0.717, 1.165) is 19.3 Å². The maximum absolute atomic E-state index is 12.3. The summed E-state index contributed by atoms with van der Waals surface area (Å²) in [4.78, 5) is 23.3. The maximum atomic E-state index is 12.3. The summed E-state index contributed by atoms with van der Waals surface area (Å²) < 4.78 is 0. The number of hydrogen-bond acceptors (Lipinski definition) is 2. The van der Waals surface area contributed by atoms with E-state index in [-0.39, 0.29) is 17.6 Å². The summed E-state index contributed by atoms with van der Waals surface area (Å²) in [6.07, 6.45) is 3.50. The van der Waals surface area contributed by atoms with Crippen LogP contribution >= 0.6 is 0 Å². The van der Waals surface area contributed by atoms with E-state index in [2.05, 4.69) is 20.8 Å². The van der Waals surface area contributed by atoms with Gasteiger partial charge < -0.3 is 4.79 Å². The summed E-state index contributed by atoms with van der Waals surface area (Å²) in [6, 6.07) is 0. The fraction of sp³-hybridized carbons (Fsp3) is 0.857. The van der Waals surface area contributed by atoms with Gasteiger partial charge in [0.2, 0.25) is 0 Å². The lowest BCUT2D eigenvalue weighted by molar-refractivity contribution is -0.133. The molecule has 1 aliphatic rings. The topological polar surface area (TPSA) is 34.1 Å². The second kappa shape index (κ2) is 5.60. The Bertz CT molecular complexity index is 268. The molecular formula is C14H24O2. The minimum absolute atomic E-state index is 0.130. The van der Waals surface area contributed by atoms with Crippen LogP contribution in [0.2, 0.25) is 0 Å². The molecule has 0 unspecified atom stereocenters. The average molecular weight is 224 g/mol. The second-order valence-electron chi connectivity index (χ2n) is 5.65. The molecule has 0 spiro atoms. The Labute approximate surface area is 98.8 Å². The molecule has 0 bridgehead atoms. The molecule has 0 saturated heterocycles. The highest BCUT2D eigenvalue weighted by Gasteiger charge is 2.36. The Balaban J connectivity index is 2.64. The largest absolute Gasteiger partial charge is 0.300 e. The Morgan fingerprint density at radius 3 is 2.50 bits per heavy atom. The number of ketones is 2. The Hall–Kier alpha value is -0.660. The van der Waals surface area contributed by atoms with Crippen molar-refractivity contribution in [2.75, 3.05) is 0 Å². The van der Waals surface area contributed by atoms with Crippen molar-refractivity contribution in [2.45, 2.75) is 53.4 Å². The molecule has 0 aromatic carbocycles. The minimum atomic E-state index is 0.130.